The van der Waals surface area contributed by atoms with Gasteiger partial charge in [0.15, 0.2) is 5.96 Å². The summed E-state index contributed by atoms with van der Waals surface area (Å²) in [5.41, 5.74) is 1.36. The van der Waals surface area contributed by atoms with Gasteiger partial charge in [-0.15, -0.1) is 24.0 Å². The van der Waals surface area contributed by atoms with Gasteiger partial charge in [0.2, 0.25) is 0 Å². The zero-order valence-electron chi connectivity index (χ0n) is 16.8. The van der Waals surface area contributed by atoms with Crippen molar-refractivity contribution >= 4 is 29.9 Å². The van der Waals surface area contributed by atoms with Crippen molar-refractivity contribution in [3.63, 3.8) is 0 Å². The van der Waals surface area contributed by atoms with Crippen LogP contribution >= 0.6 is 24.0 Å². The van der Waals surface area contributed by atoms with Crippen LogP contribution in [0.3, 0.4) is 0 Å². The topological polar surface area (TPSA) is 54.9 Å². The highest BCUT2D eigenvalue weighted by Crippen LogP contribution is 2.19. The van der Waals surface area contributed by atoms with Crippen LogP contribution in [0.1, 0.15) is 51.0 Å². The second-order valence-electron chi connectivity index (χ2n) is 6.73. The zero-order valence-corrected chi connectivity index (χ0v) is 19.1. The SMILES string of the molecule is CCNC(=NCC(CC)c1ccccc1)NCCCOCC1CCCO1.I. The van der Waals surface area contributed by atoms with Gasteiger partial charge in [0, 0.05) is 38.8 Å². The standard InChI is InChI=1S/C21H35N3O2.HI/c1-3-18(19-10-6-5-7-11-19)16-24-21(22-4-2)23-13-9-14-25-17-20-12-8-15-26-20;/h5-7,10-11,18,20H,3-4,8-9,12-17H2,1-2H3,(H2,22,23,24);1H. The van der Waals surface area contributed by atoms with Gasteiger partial charge in [0.1, 0.15) is 0 Å². The maximum Gasteiger partial charge on any atom is 0.191 e. The molecule has 1 heterocycles. The Hall–Kier alpha value is -0.860. The highest BCUT2D eigenvalue weighted by atomic mass is 127. The lowest BCUT2D eigenvalue weighted by atomic mass is 9.97. The Morgan fingerprint density at radius 1 is 1.26 bits per heavy atom. The van der Waals surface area contributed by atoms with Crippen LogP contribution in [0.15, 0.2) is 35.3 Å². The Morgan fingerprint density at radius 2 is 2.07 bits per heavy atom. The van der Waals surface area contributed by atoms with Crippen molar-refractivity contribution in [2.75, 3.05) is 39.5 Å². The fraction of sp³-hybridized carbons (Fsp3) is 0.667. The van der Waals surface area contributed by atoms with Crippen molar-refractivity contribution < 1.29 is 9.47 Å². The molecule has 5 nitrogen and oxygen atoms in total. The van der Waals surface area contributed by atoms with Gasteiger partial charge in [-0.1, -0.05) is 37.3 Å². The highest BCUT2D eigenvalue weighted by Gasteiger charge is 2.15. The molecule has 2 rings (SSSR count). The van der Waals surface area contributed by atoms with Gasteiger partial charge >= 0.3 is 0 Å². The van der Waals surface area contributed by atoms with Crippen LogP contribution in [0, 0.1) is 0 Å². The first-order valence-electron chi connectivity index (χ1n) is 10.1. The van der Waals surface area contributed by atoms with Crippen LogP contribution in [0.4, 0.5) is 0 Å². The Kier molecular flexibility index (Phi) is 13.5. The quantitative estimate of drug-likeness (QED) is 0.214. The lowest BCUT2D eigenvalue weighted by Crippen LogP contribution is -2.38. The number of aliphatic imine (C=N–C) groups is 1. The van der Waals surface area contributed by atoms with Gasteiger partial charge in [-0.25, -0.2) is 0 Å². The highest BCUT2D eigenvalue weighted by molar-refractivity contribution is 14.0. The molecule has 0 aromatic heterocycles. The summed E-state index contributed by atoms with van der Waals surface area (Å²) in [6.07, 6.45) is 4.66. The average Bonchev–Trinajstić information content (AvgIpc) is 3.19. The summed E-state index contributed by atoms with van der Waals surface area (Å²) in [5, 5.41) is 6.73. The molecule has 2 atom stereocenters. The number of nitrogens with one attached hydrogen (secondary N) is 2. The molecule has 27 heavy (non-hydrogen) atoms. The van der Waals surface area contributed by atoms with Crippen molar-refractivity contribution in [2.24, 2.45) is 4.99 Å². The summed E-state index contributed by atoms with van der Waals surface area (Å²) in [6.45, 7) is 9.21. The van der Waals surface area contributed by atoms with Crippen LogP contribution in [-0.2, 0) is 9.47 Å². The maximum atomic E-state index is 5.71. The van der Waals surface area contributed by atoms with E-state index in [4.69, 9.17) is 14.5 Å². The number of nitrogens with zero attached hydrogens (tertiary/aromatic N) is 1. The second-order valence-corrected chi connectivity index (χ2v) is 6.73. The molecule has 154 valence electrons. The van der Waals surface area contributed by atoms with Crippen molar-refractivity contribution in [3.05, 3.63) is 35.9 Å². The lowest BCUT2D eigenvalue weighted by Gasteiger charge is -2.16. The number of hydrogen-bond donors (Lipinski definition) is 2. The Labute approximate surface area is 181 Å². The van der Waals surface area contributed by atoms with E-state index in [0.717, 1.165) is 64.7 Å². The molecule has 0 bridgehead atoms. The Morgan fingerprint density at radius 3 is 2.74 bits per heavy atom. The van der Waals surface area contributed by atoms with E-state index in [2.05, 4.69) is 54.8 Å². The molecular formula is C21H36IN3O2. The number of hydrogen-bond acceptors (Lipinski definition) is 3. The Balaban J connectivity index is 0.00000364. The molecule has 1 fully saturated rings. The monoisotopic (exact) mass is 489 g/mol. The van der Waals surface area contributed by atoms with E-state index in [1.54, 1.807) is 0 Å². The van der Waals surface area contributed by atoms with E-state index in [0.29, 0.717) is 12.0 Å². The lowest BCUT2D eigenvalue weighted by molar-refractivity contribution is 0.0168. The summed E-state index contributed by atoms with van der Waals surface area (Å²) in [4.78, 5) is 4.78. The van der Waals surface area contributed by atoms with Crippen molar-refractivity contribution in [1.29, 1.82) is 0 Å². The molecular weight excluding hydrogens is 453 g/mol. The normalized spacial score (nSPS) is 18.0. The van der Waals surface area contributed by atoms with Gasteiger partial charge in [-0.2, -0.15) is 0 Å². The minimum absolute atomic E-state index is 0. The van der Waals surface area contributed by atoms with E-state index in [1.807, 2.05) is 0 Å². The second kappa shape index (κ2) is 15.1. The first-order chi connectivity index (χ1) is 12.8. The third kappa shape index (κ3) is 9.76. The molecule has 1 aliphatic rings. The maximum absolute atomic E-state index is 5.71. The van der Waals surface area contributed by atoms with Gasteiger partial charge in [-0.05, 0) is 38.2 Å². The van der Waals surface area contributed by atoms with Crippen molar-refractivity contribution in [1.82, 2.24) is 10.6 Å². The minimum Gasteiger partial charge on any atom is -0.379 e. The van der Waals surface area contributed by atoms with Crippen LogP contribution in [0.25, 0.3) is 0 Å². The van der Waals surface area contributed by atoms with E-state index >= 15 is 0 Å². The van der Waals surface area contributed by atoms with Crippen LogP contribution in [0.5, 0.6) is 0 Å². The van der Waals surface area contributed by atoms with E-state index in [9.17, 15) is 0 Å². The first-order valence-corrected chi connectivity index (χ1v) is 10.1. The number of halogens is 1. The predicted octanol–water partition coefficient (Wildman–Crippen LogP) is 3.94. The van der Waals surface area contributed by atoms with Crippen LogP contribution < -0.4 is 10.6 Å². The van der Waals surface area contributed by atoms with E-state index < -0.39 is 0 Å². The summed E-state index contributed by atoms with van der Waals surface area (Å²) in [5.74, 6) is 1.35. The third-order valence-corrected chi connectivity index (χ3v) is 4.66. The molecule has 0 spiro atoms. The average molecular weight is 489 g/mol. The van der Waals surface area contributed by atoms with Crippen LogP contribution in [-0.4, -0.2) is 51.5 Å². The number of ether oxygens (including phenoxy) is 2. The zero-order chi connectivity index (χ0) is 18.5. The van der Waals surface area contributed by atoms with Gasteiger partial charge in [0.05, 0.1) is 12.7 Å². The fourth-order valence-corrected chi connectivity index (χ4v) is 3.11. The third-order valence-electron chi connectivity index (χ3n) is 4.66. The molecule has 0 radical (unpaired) electrons. The largest absolute Gasteiger partial charge is 0.379 e. The smallest absolute Gasteiger partial charge is 0.191 e. The van der Waals surface area contributed by atoms with Crippen molar-refractivity contribution in [3.8, 4) is 0 Å². The summed E-state index contributed by atoms with van der Waals surface area (Å²) >= 11 is 0. The fourth-order valence-electron chi connectivity index (χ4n) is 3.11. The molecule has 2 N–H and O–H groups in total. The molecule has 0 amide bonds. The molecule has 1 saturated heterocycles. The number of rotatable bonds is 11. The number of guanidine groups is 1. The minimum atomic E-state index is 0. The van der Waals surface area contributed by atoms with Gasteiger partial charge in [0.25, 0.3) is 0 Å². The summed E-state index contributed by atoms with van der Waals surface area (Å²) < 4.78 is 11.3. The van der Waals surface area contributed by atoms with E-state index in [1.165, 1.54) is 12.0 Å². The molecule has 1 aromatic rings. The predicted molar refractivity (Wildman–Crippen MR) is 123 cm³/mol. The Bertz CT molecular complexity index is 507. The molecule has 1 aromatic carbocycles. The molecule has 2 unspecified atom stereocenters. The molecule has 0 saturated carbocycles. The summed E-state index contributed by atoms with van der Waals surface area (Å²) in [7, 11) is 0. The molecule has 6 heteroatoms. The van der Waals surface area contributed by atoms with Crippen LogP contribution in [0.2, 0.25) is 0 Å². The molecule has 1 aliphatic heterocycles. The summed E-state index contributed by atoms with van der Waals surface area (Å²) in [6, 6.07) is 10.6. The molecule has 0 aliphatic carbocycles. The van der Waals surface area contributed by atoms with Gasteiger partial charge in [-0.3, -0.25) is 4.99 Å². The first kappa shape index (κ1) is 24.2. The van der Waals surface area contributed by atoms with E-state index in [-0.39, 0.29) is 24.0 Å². The number of benzene rings is 1. The van der Waals surface area contributed by atoms with Gasteiger partial charge < -0.3 is 20.1 Å². The van der Waals surface area contributed by atoms with Crippen molar-refractivity contribution in [2.45, 2.75) is 51.6 Å².